The third-order valence-corrected chi connectivity index (χ3v) is 4.86. The number of halogens is 1. The van der Waals surface area contributed by atoms with Crippen LogP contribution in [0.4, 0.5) is 0 Å². The Kier molecular flexibility index (Phi) is 5.68. The maximum atomic E-state index is 12.2. The molecular formula is C23H20ClN3O3. The van der Waals surface area contributed by atoms with Crippen LogP contribution in [0.15, 0.2) is 59.1 Å². The molecule has 2 heterocycles. The van der Waals surface area contributed by atoms with Crippen molar-refractivity contribution in [1.29, 1.82) is 0 Å². The lowest BCUT2D eigenvalue weighted by atomic mass is 10.1. The minimum atomic E-state index is -0.222. The van der Waals surface area contributed by atoms with Crippen molar-refractivity contribution in [3.8, 4) is 17.2 Å². The summed E-state index contributed by atoms with van der Waals surface area (Å²) in [4.78, 5) is 20.7. The molecule has 152 valence electrons. The van der Waals surface area contributed by atoms with Crippen molar-refractivity contribution in [1.82, 2.24) is 15.3 Å². The largest absolute Gasteiger partial charge is 0.482 e. The fourth-order valence-corrected chi connectivity index (χ4v) is 3.51. The first kappa shape index (κ1) is 19.9. The van der Waals surface area contributed by atoms with E-state index in [1.807, 2.05) is 56.3 Å². The van der Waals surface area contributed by atoms with E-state index < -0.39 is 0 Å². The SMILES string of the molecule is Cc1cc(C)c(OCC(=O)NCc2ccc(-c3nc4ncccc4o3)cc2)c(Cl)c1. The number of aryl methyl sites for hydroxylation is 2. The van der Waals surface area contributed by atoms with E-state index in [9.17, 15) is 4.79 Å². The van der Waals surface area contributed by atoms with E-state index >= 15 is 0 Å². The fraction of sp³-hybridized carbons (Fsp3) is 0.174. The van der Waals surface area contributed by atoms with Crippen molar-refractivity contribution in [3.05, 3.63) is 76.4 Å². The standard InChI is InChI=1S/C23H20ClN3O3/c1-14-10-15(2)21(18(24)11-14)29-13-20(28)26-12-16-5-7-17(8-6-16)23-27-22-19(30-23)4-3-9-25-22/h3-11H,12-13H2,1-2H3,(H,26,28). The van der Waals surface area contributed by atoms with Crippen LogP contribution in [0.25, 0.3) is 22.7 Å². The summed E-state index contributed by atoms with van der Waals surface area (Å²) in [5.41, 5.74) is 4.96. The smallest absolute Gasteiger partial charge is 0.258 e. The molecule has 2 aromatic heterocycles. The van der Waals surface area contributed by atoms with Gasteiger partial charge in [-0.05, 0) is 60.9 Å². The molecule has 7 heteroatoms. The molecule has 1 N–H and O–H groups in total. The number of hydrogen-bond donors (Lipinski definition) is 1. The monoisotopic (exact) mass is 421 g/mol. The Bertz CT molecular complexity index is 1150. The highest BCUT2D eigenvalue weighted by Gasteiger charge is 2.11. The number of benzene rings is 2. The van der Waals surface area contributed by atoms with Crippen LogP contribution in [0.1, 0.15) is 16.7 Å². The summed E-state index contributed by atoms with van der Waals surface area (Å²) in [5, 5.41) is 3.35. The van der Waals surface area contributed by atoms with Crippen molar-refractivity contribution in [2.75, 3.05) is 6.61 Å². The number of ether oxygens (including phenoxy) is 1. The van der Waals surface area contributed by atoms with E-state index in [-0.39, 0.29) is 12.5 Å². The van der Waals surface area contributed by atoms with Gasteiger partial charge in [-0.15, -0.1) is 0 Å². The molecule has 0 unspecified atom stereocenters. The van der Waals surface area contributed by atoms with Gasteiger partial charge >= 0.3 is 0 Å². The van der Waals surface area contributed by atoms with Gasteiger partial charge in [0.05, 0.1) is 5.02 Å². The van der Waals surface area contributed by atoms with E-state index in [4.69, 9.17) is 20.8 Å². The third-order valence-electron chi connectivity index (χ3n) is 4.58. The summed E-state index contributed by atoms with van der Waals surface area (Å²) in [7, 11) is 0. The van der Waals surface area contributed by atoms with Gasteiger partial charge in [-0.25, -0.2) is 4.98 Å². The number of carbonyl (C=O) groups is 1. The molecule has 0 aliphatic heterocycles. The third kappa shape index (κ3) is 4.44. The number of nitrogens with zero attached hydrogens (tertiary/aromatic N) is 2. The lowest BCUT2D eigenvalue weighted by Gasteiger charge is -2.12. The minimum absolute atomic E-state index is 0.0996. The van der Waals surface area contributed by atoms with Gasteiger partial charge in [0.15, 0.2) is 17.8 Å². The van der Waals surface area contributed by atoms with Crippen LogP contribution < -0.4 is 10.1 Å². The fourth-order valence-electron chi connectivity index (χ4n) is 3.13. The van der Waals surface area contributed by atoms with E-state index in [0.29, 0.717) is 34.4 Å². The van der Waals surface area contributed by atoms with Gasteiger partial charge in [-0.2, -0.15) is 4.98 Å². The molecule has 1 amide bonds. The lowest BCUT2D eigenvalue weighted by molar-refractivity contribution is -0.123. The first-order valence-corrected chi connectivity index (χ1v) is 9.84. The Morgan fingerprint density at radius 3 is 2.70 bits per heavy atom. The summed E-state index contributed by atoms with van der Waals surface area (Å²) in [6, 6.07) is 15.1. The molecular weight excluding hydrogens is 402 g/mol. The van der Waals surface area contributed by atoms with Crippen molar-refractivity contribution in [2.24, 2.45) is 0 Å². The molecule has 6 nitrogen and oxygen atoms in total. The Hall–Kier alpha value is -3.38. The van der Waals surface area contributed by atoms with E-state index in [0.717, 1.165) is 22.3 Å². The molecule has 0 saturated carbocycles. The Morgan fingerprint density at radius 1 is 1.17 bits per heavy atom. The highest BCUT2D eigenvalue weighted by atomic mass is 35.5. The number of carbonyl (C=O) groups excluding carboxylic acids is 1. The van der Waals surface area contributed by atoms with Crippen LogP contribution in [0.3, 0.4) is 0 Å². The molecule has 0 spiro atoms. The quantitative estimate of drug-likeness (QED) is 0.481. The summed E-state index contributed by atoms with van der Waals surface area (Å²) in [5.74, 6) is 0.827. The second-order valence-corrected chi connectivity index (χ2v) is 7.41. The number of rotatable bonds is 6. The lowest BCUT2D eigenvalue weighted by Crippen LogP contribution is -2.28. The van der Waals surface area contributed by atoms with Crippen molar-refractivity contribution >= 4 is 28.7 Å². The maximum Gasteiger partial charge on any atom is 0.258 e. The molecule has 2 aromatic carbocycles. The van der Waals surface area contributed by atoms with Gasteiger partial charge in [0.25, 0.3) is 5.91 Å². The van der Waals surface area contributed by atoms with Crippen LogP contribution in [0.5, 0.6) is 5.75 Å². The Morgan fingerprint density at radius 2 is 1.97 bits per heavy atom. The molecule has 4 aromatic rings. The Labute approximate surface area is 178 Å². The van der Waals surface area contributed by atoms with Crippen LogP contribution in [0.2, 0.25) is 5.02 Å². The van der Waals surface area contributed by atoms with Gasteiger partial charge in [0.2, 0.25) is 5.89 Å². The Balaban J connectivity index is 1.33. The van der Waals surface area contributed by atoms with E-state index in [2.05, 4.69) is 15.3 Å². The molecule has 0 bridgehead atoms. The number of nitrogens with one attached hydrogen (secondary N) is 1. The van der Waals surface area contributed by atoms with Gasteiger partial charge in [-0.3, -0.25) is 4.79 Å². The summed E-state index contributed by atoms with van der Waals surface area (Å²) >= 11 is 6.21. The van der Waals surface area contributed by atoms with E-state index in [1.165, 1.54) is 0 Å². The molecule has 0 radical (unpaired) electrons. The summed E-state index contributed by atoms with van der Waals surface area (Å²) in [6.07, 6.45) is 1.68. The zero-order chi connectivity index (χ0) is 21.1. The number of fused-ring (bicyclic) bond motifs is 1. The molecule has 0 atom stereocenters. The number of pyridine rings is 1. The number of amides is 1. The first-order valence-electron chi connectivity index (χ1n) is 9.47. The molecule has 0 fully saturated rings. The van der Waals surface area contributed by atoms with Crippen molar-refractivity contribution < 1.29 is 13.9 Å². The van der Waals surface area contributed by atoms with Crippen LogP contribution >= 0.6 is 11.6 Å². The second-order valence-electron chi connectivity index (χ2n) is 7.00. The maximum absolute atomic E-state index is 12.2. The number of hydrogen-bond acceptors (Lipinski definition) is 5. The molecule has 30 heavy (non-hydrogen) atoms. The minimum Gasteiger partial charge on any atom is -0.482 e. The van der Waals surface area contributed by atoms with Gasteiger partial charge in [0.1, 0.15) is 5.75 Å². The highest BCUT2D eigenvalue weighted by Crippen LogP contribution is 2.29. The second kappa shape index (κ2) is 8.55. The zero-order valence-corrected chi connectivity index (χ0v) is 17.4. The average molecular weight is 422 g/mol. The van der Waals surface area contributed by atoms with Gasteiger partial charge in [0, 0.05) is 18.3 Å². The molecule has 0 saturated heterocycles. The summed E-state index contributed by atoms with van der Waals surface area (Å²) in [6.45, 7) is 4.15. The van der Waals surface area contributed by atoms with Crippen LogP contribution in [0, 0.1) is 13.8 Å². The normalized spacial score (nSPS) is 10.9. The molecule has 4 rings (SSSR count). The topological polar surface area (TPSA) is 77.2 Å². The average Bonchev–Trinajstić information content (AvgIpc) is 3.16. The van der Waals surface area contributed by atoms with Crippen molar-refractivity contribution in [2.45, 2.75) is 20.4 Å². The van der Waals surface area contributed by atoms with Gasteiger partial charge in [-0.1, -0.05) is 29.8 Å². The zero-order valence-electron chi connectivity index (χ0n) is 16.6. The predicted octanol–water partition coefficient (Wildman–Crippen LogP) is 4.86. The molecule has 0 aliphatic carbocycles. The summed E-state index contributed by atoms with van der Waals surface area (Å²) < 4.78 is 11.3. The van der Waals surface area contributed by atoms with E-state index in [1.54, 1.807) is 12.3 Å². The predicted molar refractivity (Wildman–Crippen MR) is 116 cm³/mol. The number of oxazole rings is 1. The first-order chi connectivity index (χ1) is 14.5. The van der Waals surface area contributed by atoms with Crippen LogP contribution in [-0.4, -0.2) is 22.5 Å². The van der Waals surface area contributed by atoms with Crippen LogP contribution in [-0.2, 0) is 11.3 Å². The highest BCUT2D eigenvalue weighted by molar-refractivity contribution is 6.32. The van der Waals surface area contributed by atoms with Crippen molar-refractivity contribution in [3.63, 3.8) is 0 Å². The molecule has 0 aliphatic rings. The number of aromatic nitrogens is 2. The van der Waals surface area contributed by atoms with Gasteiger partial charge < -0.3 is 14.5 Å².